The number of nitrogens with zero attached hydrogens (tertiary/aromatic N) is 2. The van der Waals surface area contributed by atoms with Crippen LogP contribution >= 0.6 is 0 Å². The Balaban J connectivity index is 1.76. The van der Waals surface area contributed by atoms with Crippen LogP contribution in [-0.2, 0) is 0 Å². The van der Waals surface area contributed by atoms with E-state index in [1.807, 2.05) is 72.2 Å². The van der Waals surface area contributed by atoms with E-state index >= 15 is 0 Å². The van der Waals surface area contributed by atoms with Gasteiger partial charge in [-0.25, -0.2) is 0 Å². The molecule has 0 radical (unpaired) electrons. The van der Waals surface area contributed by atoms with Gasteiger partial charge in [0.15, 0.2) is 0 Å². The van der Waals surface area contributed by atoms with E-state index in [4.69, 9.17) is 0 Å². The third-order valence-corrected chi connectivity index (χ3v) is 6.02. The molecule has 6 aromatic rings. The molecule has 2 aromatic heterocycles. The Morgan fingerprint density at radius 1 is 0.677 bits per heavy atom. The standard InChI is InChI=1S/C28H20N2O/c1-19-11-13-21(14-12-19)28(31)30-25-10-6-5-9-23(25)24-16-15-20-17-18-29(26(20)27(24)30)22-7-3-2-4-8-22/h2-18H,1H3. The molecule has 3 nitrogen and oxygen atoms in total. The number of hydrogen-bond acceptors (Lipinski definition) is 1. The molecule has 31 heavy (non-hydrogen) atoms. The van der Waals surface area contributed by atoms with Crippen molar-refractivity contribution in [1.82, 2.24) is 9.13 Å². The summed E-state index contributed by atoms with van der Waals surface area (Å²) in [6.07, 6.45) is 2.08. The lowest BCUT2D eigenvalue weighted by Crippen LogP contribution is -2.12. The van der Waals surface area contributed by atoms with E-state index in [-0.39, 0.29) is 5.91 Å². The SMILES string of the molecule is Cc1ccc(C(=O)n2c3ccccc3c3ccc4ccn(-c5ccccc5)c4c32)cc1. The molecule has 0 aliphatic carbocycles. The molecule has 2 heterocycles. The predicted octanol–water partition coefficient (Wildman–Crippen LogP) is 6.74. The number of hydrogen-bond donors (Lipinski definition) is 0. The zero-order valence-corrected chi connectivity index (χ0v) is 17.1. The first-order valence-corrected chi connectivity index (χ1v) is 10.4. The zero-order chi connectivity index (χ0) is 20.9. The van der Waals surface area contributed by atoms with Crippen molar-refractivity contribution in [1.29, 1.82) is 0 Å². The van der Waals surface area contributed by atoms with Crippen LogP contribution < -0.4 is 0 Å². The minimum atomic E-state index is -0.0143. The summed E-state index contributed by atoms with van der Waals surface area (Å²) in [6, 6.07) is 32.6. The topological polar surface area (TPSA) is 26.9 Å². The van der Waals surface area contributed by atoms with Gasteiger partial charge in [0, 0.05) is 33.6 Å². The summed E-state index contributed by atoms with van der Waals surface area (Å²) < 4.78 is 4.06. The summed E-state index contributed by atoms with van der Waals surface area (Å²) in [5, 5.41) is 3.28. The summed E-state index contributed by atoms with van der Waals surface area (Å²) in [5.74, 6) is -0.0143. The first kappa shape index (κ1) is 17.7. The Kier molecular flexibility index (Phi) is 3.84. The Labute approximate surface area is 179 Å². The first-order valence-electron chi connectivity index (χ1n) is 10.4. The van der Waals surface area contributed by atoms with Crippen molar-refractivity contribution < 1.29 is 4.79 Å². The smallest absolute Gasteiger partial charge is 0.262 e. The molecule has 0 spiro atoms. The van der Waals surface area contributed by atoms with E-state index in [1.54, 1.807) is 0 Å². The van der Waals surface area contributed by atoms with Crippen molar-refractivity contribution in [3.05, 3.63) is 114 Å². The lowest BCUT2D eigenvalue weighted by Gasteiger charge is -2.11. The first-order chi connectivity index (χ1) is 15.2. The minimum Gasteiger partial charge on any atom is -0.315 e. The van der Waals surface area contributed by atoms with Gasteiger partial charge in [-0.3, -0.25) is 9.36 Å². The number of benzene rings is 4. The normalized spacial score (nSPS) is 11.5. The molecule has 0 fully saturated rings. The molecule has 0 aliphatic heterocycles. The number of rotatable bonds is 2. The van der Waals surface area contributed by atoms with Crippen LogP contribution in [0.15, 0.2) is 103 Å². The minimum absolute atomic E-state index is 0.0143. The monoisotopic (exact) mass is 400 g/mol. The number of fused-ring (bicyclic) bond motifs is 5. The van der Waals surface area contributed by atoms with Gasteiger partial charge in [0.2, 0.25) is 0 Å². The number of aryl methyl sites for hydroxylation is 1. The maximum Gasteiger partial charge on any atom is 0.262 e. The van der Waals surface area contributed by atoms with Crippen LogP contribution in [0.1, 0.15) is 15.9 Å². The van der Waals surface area contributed by atoms with E-state index in [9.17, 15) is 4.79 Å². The van der Waals surface area contributed by atoms with Crippen LogP contribution in [-0.4, -0.2) is 15.0 Å². The van der Waals surface area contributed by atoms with Gasteiger partial charge < -0.3 is 4.57 Å². The molecule has 0 bridgehead atoms. The van der Waals surface area contributed by atoms with E-state index in [2.05, 4.69) is 47.2 Å². The second kappa shape index (κ2) is 6.71. The lowest BCUT2D eigenvalue weighted by molar-refractivity contribution is 0.0969. The van der Waals surface area contributed by atoms with E-state index in [0.29, 0.717) is 5.56 Å². The van der Waals surface area contributed by atoms with Crippen molar-refractivity contribution in [2.45, 2.75) is 6.92 Å². The maximum atomic E-state index is 13.8. The van der Waals surface area contributed by atoms with Crippen molar-refractivity contribution in [2.75, 3.05) is 0 Å². The van der Waals surface area contributed by atoms with Crippen LogP contribution in [0.3, 0.4) is 0 Å². The van der Waals surface area contributed by atoms with Crippen molar-refractivity contribution in [2.24, 2.45) is 0 Å². The number of aromatic nitrogens is 2. The van der Waals surface area contributed by atoms with Crippen molar-refractivity contribution >= 4 is 38.6 Å². The number of carbonyl (C=O) groups excluding carboxylic acids is 1. The largest absolute Gasteiger partial charge is 0.315 e. The molecule has 0 atom stereocenters. The fraction of sp³-hybridized carbons (Fsp3) is 0.0357. The Morgan fingerprint density at radius 3 is 2.23 bits per heavy atom. The number of para-hydroxylation sites is 2. The molecule has 0 amide bonds. The molecular weight excluding hydrogens is 380 g/mol. The van der Waals surface area contributed by atoms with E-state index in [0.717, 1.165) is 44.0 Å². The zero-order valence-electron chi connectivity index (χ0n) is 17.1. The average molecular weight is 400 g/mol. The van der Waals surface area contributed by atoms with Crippen LogP contribution in [0, 0.1) is 6.92 Å². The predicted molar refractivity (Wildman–Crippen MR) is 127 cm³/mol. The maximum absolute atomic E-state index is 13.8. The average Bonchev–Trinajstić information content (AvgIpc) is 3.39. The fourth-order valence-corrected chi connectivity index (χ4v) is 4.51. The van der Waals surface area contributed by atoms with Gasteiger partial charge in [-0.05, 0) is 43.3 Å². The summed E-state index contributed by atoms with van der Waals surface area (Å²) in [6.45, 7) is 2.03. The Hall–Kier alpha value is -4.11. The molecule has 0 unspecified atom stereocenters. The lowest BCUT2D eigenvalue weighted by atomic mass is 10.1. The molecular formula is C28H20N2O. The van der Waals surface area contributed by atoms with Crippen molar-refractivity contribution in [3.63, 3.8) is 0 Å². The summed E-state index contributed by atoms with van der Waals surface area (Å²) >= 11 is 0. The van der Waals surface area contributed by atoms with E-state index in [1.165, 1.54) is 0 Å². The fourth-order valence-electron chi connectivity index (χ4n) is 4.51. The molecule has 3 heteroatoms. The quantitative estimate of drug-likeness (QED) is 0.316. The number of carbonyl (C=O) groups is 1. The molecule has 6 rings (SSSR count). The molecule has 0 N–H and O–H groups in total. The van der Waals surface area contributed by atoms with Gasteiger partial charge in [0.05, 0.1) is 16.6 Å². The summed E-state index contributed by atoms with van der Waals surface area (Å²) in [5.41, 5.74) is 5.81. The third-order valence-electron chi connectivity index (χ3n) is 6.02. The molecule has 148 valence electrons. The van der Waals surface area contributed by atoms with Crippen LogP contribution in [0.2, 0.25) is 0 Å². The van der Waals surface area contributed by atoms with Crippen molar-refractivity contribution in [3.8, 4) is 5.69 Å². The Morgan fingerprint density at radius 2 is 1.42 bits per heavy atom. The van der Waals surface area contributed by atoms with Gasteiger partial charge in [-0.2, -0.15) is 0 Å². The van der Waals surface area contributed by atoms with Gasteiger partial charge in [-0.15, -0.1) is 0 Å². The van der Waals surface area contributed by atoms with Crippen LogP contribution in [0.5, 0.6) is 0 Å². The van der Waals surface area contributed by atoms with Gasteiger partial charge in [0.25, 0.3) is 5.91 Å². The third kappa shape index (κ3) is 2.63. The highest BCUT2D eigenvalue weighted by atomic mass is 16.2. The molecule has 0 aliphatic rings. The van der Waals surface area contributed by atoms with Gasteiger partial charge >= 0.3 is 0 Å². The Bertz CT molecular complexity index is 1590. The highest BCUT2D eigenvalue weighted by Crippen LogP contribution is 2.36. The highest BCUT2D eigenvalue weighted by molar-refractivity contribution is 6.22. The van der Waals surface area contributed by atoms with E-state index < -0.39 is 0 Å². The van der Waals surface area contributed by atoms with Crippen LogP contribution in [0.4, 0.5) is 0 Å². The summed E-state index contributed by atoms with van der Waals surface area (Å²) in [4.78, 5) is 13.8. The molecule has 0 saturated heterocycles. The highest BCUT2D eigenvalue weighted by Gasteiger charge is 2.21. The second-order valence-electron chi connectivity index (χ2n) is 7.94. The van der Waals surface area contributed by atoms with Gasteiger partial charge in [0.1, 0.15) is 0 Å². The molecule has 0 saturated carbocycles. The molecule has 4 aromatic carbocycles. The van der Waals surface area contributed by atoms with Gasteiger partial charge in [-0.1, -0.05) is 66.2 Å². The van der Waals surface area contributed by atoms with Crippen LogP contribution in [0.25, 0.3) is 38.4 Å². The second-order valence-corrected chi connectivity index (χ2v) is 7.94. The summed E-state index contributed by atoms with van der Waals surface area (Å²) in [7, 11) is 0.